The van der Waals surface area contributed by atoms with Crippen molar-refractivity contribution >= 4 is 18.4 Å². The highest BCUT2D eigenvalue weighted by Gasteiger charge is 2.30. The zero-order valence-corrected chi connectivity index (χ0v) is 17.3. The average Bonchev–Trinajstić information content (AvgIpc) is 2.62. The summed E-state index contributed by atoms with van der Waals surface area (Å²) in [4.78, 5) is 19.5. The molecule has 0 saturated carbocycles. The molecule has 0 heterocycles. The van der Waals surface area contributed by atoms with Gasteiger partial charge in [-0.25, -0.2) is 0 Å². The van der Waals surface area contributed by atoms with E-state index in [2.05, 4.69) is 5.32 Å². The zero-order chi connectivity index (χ0) is 20.7. The van der Waals surface area contributed by atoms with Gasteiger partial charge in [0.25, 0.3) is 0 Å². The molecule has 0 aliphatic rings. The first-order valence-corrected chi connectivity index (χ1v) is 10.9. The molecule has 0 bridgehead atoms. The molecule has 0 fully saturated rings. The van der Waals surface area contributed by atoms with E-state index < -0.39 is 13.4 Å². The normalized spacial score (nSPS) is 12.5. The van der Waals surface area contributed by atoms with E-state index in [4.69, 9.17) is 5.11 Å². The Bertz CT molecular complexity index is 932. The van der Waals surface area contributed by atoms with Crippen LogP contribution in [0.5, 0.6) is 0 Å². The highest BCUT2D eigenvalue weighted by molar-refractivity contribution is 7.52. The predicted octanol–water partition coefficient (Wildman–Crippen LogP) is 4.50. The third-order valence-electron chi connectivity index (χ3n) is 4.05. The van der Waals surface area contributed by atoms with Crippen molar-refractivity contribution in [1.29, 1.82) is 0 Å². The van der Waals surface area contributed by atoms with Gasteiger partial charge in [0.15, 0.2) is 0 Å². The molecule has 3 aromatic carbocycles. The van der Waals surface area contributed by atoms with Gasteiger partial charge in [0.05, 0.1) is 0 Å². The first-order chi connectivity index (χ1) is 13.2. The third-order valence-corrected chi connectivity index (χ3v) is 5.20. The lowest BCUT2D eigenvalue weighted by Gasteiger charge is -2.21. The van der Waals surface area contributed by atoms with Crippen LogP contribution in [0.1, 0.15) is 36.3 Å². The van der Waals surface area contributed by atoms with Crippen LogP contribution in [0.3, 0.4) is 0 Å². The number of fused-ring (bicyclic) bond motifs is 1. The summed E-state index contributed by atoms with van der Waals surface area (Å²) in [7, 11) is -4.33. The number of rotatable bonds is 5. The van der Waals surface area contributed by atoms with E-state index in [-0.39, 0.29) is 6.10 Å². The summed E-state index contributed by atoms with van der Waals surface area (Å²) < 4.78 is 12.0. The molecule has 0 aliphatic carbocycles. The number of benzene rings is 3. The fourth-order valence-corrected chi connectivity index (χ4v) is 3.61. The Morgan fingerprint density at radius 3 is 2.07 bits per heavy atom. The van der Waals surface area contributed by atoms with Crippen molar-refractivity contribution in [3.63, 3.8) is 0 Å². The van der Waals surface area contributed by atoms with Gasteiger partial charge < -0.3 is 14.9 Å². The quantitative estimate of drug-likeness (QED) is 0.473. The van der Waals surface area contributed by atoms with E-state index in [1.54, 1.807) is 19.9 Å². The van der Waals surface area contributed by atoms with Crippen molar-refractivity contribution in [3.8, 4) is 0 Å². The highest BCUT2D eigenvalue weighted by Crippen LogP contribution is 2.50. The topological polar surface area (TPSA) is 89.8 Å². The standard InChI is InChI=1S/C19H20NO3P.C3H8O/c1-14-6-8-15(9-7-14)13-20-19(24(21,22)23)18-11-10-16-4-2-3-5-17(16)12-18;1-3(2)4/h2-12,19-20H,13H2,1H3,(H2,21,22,23);3-4H,1-2H3. The monoisotopic (exact) mass is 401 g/mol. The Labute approximate surface area is 166 Å². The molecule has 1 atom stereocenters. The number of hydrogen-bond acceptors (Lipinski definition) is 3. The number of aliphatic hydroxyl groups is 1. The van der Waals surface area contributed by atoms with Crippen molar-refractivity contribution in [3.05, 3.63) is 83.4 Å². The fourth-order valence-electron chi connectivity index (χ4n) is 2.73. The summed E-state index contributed by atoms with van der Waals surface area (Å²) in [6.45, 7) is 5.84. The molecule has 28 heavy (non-hydrogen) atoms. The second-order valence-electron chi connectivity index (χ2n) is 7.06. The molecular formula is C22H28NO4P. The van der Waals surface area contributed by atoms with Crippen LogP contribution in [0, 0.1) is 6.92 Å². The van der Waals surface area contributed by atoms with Gasteiger partial charge in [-0.15, -0.1) is 0 Å². The van der Waals surface area contributed by atoms with Crippen LogP contribution < -0.4 is 5.32 Å². The lowest BCUT2D eigenvalue weighted by molar-refractivity contribution is 0.216. The fraction of sp³-hybridized carbons (Fsp3) is 0.273. The van der Waals surface area contributed by atoms with Crippen molar-refractivity contribution in [2.24, 2.45) is 0 Å². The average molecular weight is 401 g/mol. The van der Waals surface area contributed by atoms with Gasteiger partial charge in [0.1, 0.15) is 5.78 Å². The third kappa shape index (κ3) is 6.86. The number of aryl methyl sites for hydroxylation is 1. The summed E-state index contributed by atoms with van der Waals surface area (Å²) >= 11 is 0. The lowest BCUT2D eigenvalue weighted by Crippen LogP contribution is -2.21. The second-order valence-corrected chi connectivity index (χ2v) is 8.75. The first kappa shape index (κ1) is 22.3. The molecule has 0 aromatic heterocycles. The Morgan fingerprint density at radius 2 is 1.50 bits per heavy atom. The number of aliphatic hydroxyl groups excluding tert-OH is 1. The minimum atomic E-state index is -4.33. The molecule has 150 valence electrons. The van der Waals surface area contributed by atoms with Crippen LogP contribution in [0.4, 0.5) is 0 Å². The molecule has 1 unspecified atom stereocenters. The Balaban J connectivity index is 0.000000640. The summed E-state index contributed by atoms with van der Waals surface area (Å²) in [6.07, 6.45) is -0.167. The molecule has 3 rings (SSSR count). The van der Waals surface area contributed by atoms with Crippen LogP contribution in [0.2, 0.25) is 0 Å². The van der Waals surface area contributed by atoms with Gasteiger partial charge in [-0.05, 0) is 48.7 Å². The largest absolute Gasteiger partial charge is 0.394 e. The molecule has 0 spiro atoms. The maximum atomic E-state index is 12.0. The summed E-state index contributed by atoms with van der Waals surface area (Å²) in [5.41, 5.74) is 2.73. The molecule has 0 aliphatic heterocycles. The number of hydrogen-bond donors (Lipinski definition) is 4. The SMILES string of the molecule is CC(C)O.Cc1ccc(CNC(c2ccc3ccccc3c2)P(=O)(O)O)cc1. The summed E-state index contributed by atoms with van der Waals surface area (Å²) in [5, 5.41) is 13.1. The number of nitrogens with one attached hydrogen (secondary N) is 1. The molecule has 0 radical (unpaired) electrons. The van der Waals surface area contributed by atoms with E-state index in [1.165, 1.54) is 0 Å². The molecule has 4 N–H and O–H groups in total. The van der Waals surface area contributed by atoms with Crippen LogP contribution in [0.25, 0.3) is 10.8 Å². The molecule has 3 aromatic rings. The van der Waals surface area contributed by atoms with Gasteiger partial charge in [0.2, 0.25) is 0 Å². The zero-order valence-electron chi connectivity index (χ0n) is 16.4. The molecule has 6 heteroatoms. The minimum Gasteiger partial charge on any atom is -0.394 e. The van der Waals surface area contributed by atoms with Gasteiger partial charge in [-0.1, -0.05) is 66.2 Å². The Hall–Kier alpha value is -2.01. The first-order valence-electron chi connectivity index (χ1n) is 9.17. The van der Waals surface area contributed by atoms with E-state index in [0.717, 1.165) is 21.9 Å². The predicted molar refractivity (Wildman–Crippen MR) is 114 cm³/mol. The van der Waals surface area contributed by atoms with E-state index in [9.17, 15) is 14.4 Å². The molecule has 0 saturated heterocycles. The van der Waals surface area contributed by atoms with Crippen molar-refractivity contribution in [1.82, 2.24) is 5.32 Å². The van der Waals surface area contributed by atoms with Crippen LogP contribution >= 0.6 is 7.60 Å². The second kappa shape index (κ2) is 9.97. The van der Waals surface area contributed by atoms with Gasteiger partial charge in [0, 0.05) is 12.6 Å². The van der Waals surface area contributed by atoms with Crippen LogP contribution in [-0.4, -0.2) is 21.0 Å². The molecular weight excluding hydrogens is 373 g/mol. The van der Waals surface area contributed by atoms with Gasteiger partial charge >= 0.3 is 7.60 Å². The maximum absolute atomic E-state index is 12.0. The van der Waals surface area contributed by atoms with Gasteiger partial charge in [-0.3, -0.25) is 9.88 Å². The Morgan fingerprint density at radius 1 is 0.929 bits per heavy atom. The maximum Gasteiger partial charge on any atom is 0.346 e. The van der Waals surface area contributed by atoms with Crippen molar-refractivity contribution in [2.45, 2.75) is 39.2 Å². The molecule has 0 amide bonds. The Kier molecular flexibility index (Phi) is 7.93. The van der Waals surface area contributed by atoms with Gasteiger partial charge in [-0.2, -0.15) is 0 Å². The van der Waals surface area contributed by atoms with Crippen molar-refractivity contribution in [2.75, 3.05) is 0 Å². The van der Waals surface area contributed by atoms with E-state index in [0.29, 0.717) is 12.1 Å². The molecule has 5 nitrogen and oxygen atoms in total. The summed E-state index contributed by atoms with van der Waals surface area (Å²) in [5.74, 6) is -1.02. The van der Waals surface area contributed by atoms with E-state index >= 15 is 0 Å². The van der Waals surface area contributed by atoms with Crippen LogP contribution in [-0.2, 0) is 11.1 Å². The summed E-state index contributed by atoms with van der Waals surface area (Å²) in [6, 6.07) is 21.2. The minimum absolute atomic E-state index is 0.167. The van der Waals surface area contributed by atoms with Crippen LogP contribution in [0.15, 0.2) is 66.7 Å². The van der Waals surface area contributed by atoms with E-state index in [1.807, 2.05) is 67.6 Å². The highest BCUT2D eigenvalue weighted by atomic mass is 31.2. The lowest BCUT2D eigenvalue weighted by atomic mass is 10.1. The van der Waals surface area contributed by atoms with Crippen molar-refractivity contribution < 1.29 is 19.5 Å². The smallest absolute Gasteiger partial charge is 0.346 e.